The monoisotopic (exact) mass is 594 g/mol. The van der Waals surface area contributed by atoms with Gasteiger partial charge in [-0.15, -0.1) is 0 Å². The van der Waals surface area contributed by atoms with Crippen LogP contribution in [0.15, 0.2) is 60.7 Å². The second kappa shape index (κ2) is 16.8. The Hall–Kier alpha value is -2.92. The number of rotatable bonds is 15. The van der Waals surface area contributed by atoms with Gasteiger partial charge in [-0.3, -0.25) is 0 Å². The summed E-state index contributed by atoms with van der Waals surface area (Å²) in [6.45, 7) is 4.87. The van der Waals surface area contributed by atoms with Crippen LogP contribution >= 0.6 is 0 Å². The molecule has 0 aromatic heterocycles. The van der Waals surface area contributed by atoms with E-state index in [1.165, 1.54) is 44.9 Å². The van der Waals surface area contributed by atoms with Crippen molar-refractivity contribution < 1.29 is 22.3 Å². The topological polar surface area (TPSA) is 9.23 Å². The van der Waals surface area contributed by atoms with Gasteiger partial charge in [0.05, 0.1) is 12.7 Å². The Morgan fingerprint density at radius 1 is 0.651 bits per heavy atom. The molecule has 1 heterocycles. The van der Waals surface area contributed by atoms with Crippen molar-refractivity contribution in [3.05, 3.63) is 95.1 Å². The summed E-state index contributed by atoms with van der Waals surface area (Å²) in [5.41, 5.74) is 1.74. The van der Waals surface area contributed by atoms with E-state index in [1.807, 2.05) is 12.2 Å². The molecule has 43 heavy (non-hydrogen) atoms. The van der Waals surface area contributed by atoms with Crippen LogP contribution in [0.5, 0.6) is 0 Å². The number of unbranched alkanes of at least 4 members (excludes halogenated alkanes) is 7. The molecule has 5 heteroatoms. The van der Waals surface area contributed by atoms with Gasteiger partial charge in [0.15, 0.2) is 23.3 Å². The highest BCUT2D eigenvalue weighted by Gasteiger charge is 2.27. The lowest BCUT2D eigenvalue weighted by atomic mass is 9.90. The van der Waals surface area contributed by atoms with Crippen LogP contribution in [0.1, 0.15) is 108 Å². The Balaban J connectivity index is 1.36. The molecule has 0 radical (unpaired) electrons. The minimum atomic E-state index is -0.920. The van der Waals surface area contributed by atoms with Gasteiger partial charge in [-0.1, -0.05) is 126 Å². The first kappa shape index (κ1) is 33.0. The van der Waals surface area contributed by atoms with Gasteiger partial charge in [-0.05, 0) is 54.7 Å². The van der Waals surface area contributed by atoms with Crippen molar-refractivity contribution in [3.8, 4) is 22.3 Å². The first-order valence-electron chi connectivity index (χ1n) is 16.3. The summed E-state index contributed by atoms with van der Waals surface area (Å²) in [5.74, 6) is -3.09. The van der Waals surface area contributed by atoms with E-state index in [0.717, 1.165) is 25.7 Å². The Kier molecular flexibility index (Phi) is 12.9. The summed E-state index contributed by atoms with van der Waals surface area (Å²) in [5, 5.41) is 0. The number of allylic oxidation sites excluding steroid dienone is 2. The highest BCUT2D eigenvalue weighted by molar-refractivity contribution is 5.71. The van der Waals surface area contributed by atoms with Crippen molar-refractivity contribution in [1.29, 1.82) is 0 Å². The first-order chi connectivity index (χ1) is 20.9. The Morgan fingerprint density at radius 3 is 1.91 bits per heavy atom. The van der Waals surface area contributed by atoms with Crippen LogP contribution in [0.3, 0.4) is 0 Å². The molecular weight excluding hydrogens is 548 g/mol. The fraction of sp³-hybridized carbons (Fsp3) is 0.474. The van der Waals surface area contributed by atoms with Gasteiger partial charge in [0, 0.05) is 16.7 Å². The molecule has 1 aliphatic rings. The minimum absolute atomic E-state index is 0.126. The minimum Gasteiger partial charge on any atom is -0.373 e. The van der Waals surface area contributed by atoms with Gasteiger partial charge < -0.3 is 4.74 Å². The number of hydrogen-bond acceptors (Lipinski definition) is 1. The molecule has 0 aliphatic carbocycles. The third kappa shape index (κ3) is 8.81. The summed E-state index contributed by atoms with van der Waals surface area (Å²) in [6.07, 6.45) is 17.3. The standard InChI is InChI=1S/C38H46F4O/c1-3-5-7-9-10-11-12-14-27-16-25-34(43-26-27)33-24-23-32(37(41)38(33)42)29-19-17-28(18-20-29)31-22-21-30(35(39)36(31)40)15-13-8-6-4-2/h8,13,17-24,27,34H,3-7,9-12,14-16,25-26H2,1-2H3/b13-8-. The van der Waals surface area contributed by atoms with E-state index < -0.39 is 29.4 Å². The van der Waals surface area contributed by atoms with Crippen LogP contribution in [0, 0.1) is 29.2 Å². The zero-order valence-corrected chi connectivity index (χ0v) is 25.7. The van der Waals surface area contributed by atoms with Gasteiger partial charge >= 0.3 is 0 Å². The lowest BCUT2D eigenvalue weighted by Gasteiger charge is -2.30. The molecule has 3 aromatic rings. The predicted molar refractivity (Wildman–Crippen MR) is 169 cm³/mol. The van der Waals surface area contributed by atoms with Gasteiger partial charge in [-0.2, -0.15) is 0 Å². The van der Waals surface area contributed by atoms with E-state index in [-0.39, 0.29) is 16.7 Å². The van der Waals surface area contributed by atoms with Gasteiger partial charge in [0.1, 0.15) is 0 Å². The maximum atomic E-state index is 15.3. The smallest absolute Gasteiger partial charge is 0.167 e. The van der Waals surface area contributed by atoms with E-state index in [9.17, 15) is 8.78 Å². The quantitative estimate of drug-likeness (QED) is 0.0966. The van der Waals surface area contributed by atoms with Crippen LogP contribution < -0.4 is 0 Å². The van der Waals surface area contributed by atoms with Crippen LogP contribution in [0.2, 0.25) is 0 Å². The molecule has 1 nitrogen and oxygen atoms in total. The maximum Gasteiger partial charge on any atom is 0.167 e. The molecule has 0 spiro atoms. The fourth-order valence-corrected chi connectivity index (χ4v) is 6.00. The zero-order chi connectivity index (χ0) is 30.6. The van der Waals surface area contributed by atoms with Crippen molar-refractivity contribution >= 4 is 0 Å². The number of halogens is 4. The summed E-state index contributed by atoms with van der Waals surface area (Å²) in [6, 6.07) is 12.8. The highest BCUT2D eigenvalue weighted by atomic mass is 19.2. The Labute approximate surface area is 255 Å². The van der Waals surface area contributed by atoms with Crippen molar-refractivity contribution in [2.75, 3.05) is 6.61 Å². The second-order valence-corrected chi connectivity index (χ2v) is 11.9. The molecule has 0 amide bonds. The maximum absolute atomic E-state index is 15.3. The average Bonchev–Trinajstić information content (AvgIpc) is 3.03. The number of hydrogen-bond donors (Lipinski definition) is 0. The van der Waals surface area contributed by atoms with Gasteiger partial charge in [0.25, 0.3) is 0 Å². The van der Waals surface area contributed by atoms with Crippen molar-refractivity contribution in [1.82, 2.24) is 0 Å². The zero-order valence-electron chi connectivity index (χ0n) is 25.7. The highest BCUT2D eigenvalue weighted by Crippen LogP contribution is 2.37. The van der Waals surface area contributed by atoms with Crippen LogP contribution in [-0.2, 0) is 11.2 Å². The van der Waals surface area contributed by atoms with Crippen molar-refractivity contribution in [3.63, 3.8) is 0 Å². The van der Waals surface area contributed by atoms with E-state index in [0.29, 0.717) is 42.1 Å². The van der Waals surface area contributed by atoms with E-state index in [4.69, 9.17) is 4.74 Å². The molecule has 1 saturated heterocycles. The predicted octanol–water partition coefficient (Wildman–Crippen LogP) is 12.1. The SMILES string of the molecule is CCC/C=C\Cc1ccc(-c2ccc(-c3ccc(C4CCC(CCCCCCCCC)CO4)c(F)c3F)cc2)c(F)c1F. The summed E-state index contributed by atoms with van der Waals surface area (Å²) < 4.78 is 66.2. The molecule has 232 valence electrons. The summed E-state index contributed by atoms with van der Waals surface area (Å²) in [4.78, 5) is 0. The van der Waals surface area contributed by atoms with Gasteiger partial charge in [-0.25, -0.2) is 17.6 Å². The molecule has 4 rings (SSSR count). The first-order valence-corrected chi connectivity index (χ1v) is 16.3. The van der Waals surface area contributed by atoms with Crippen LogP contribution in [-0.4, -0.2) is 6.61 Å². The molecule has 2 unspecified atom stereocenters. The second-order valence-electron chi connectivity index (χ2n) is 11.9. The van der Waals surface area contributed by atoms with Crippen LogP contribution in [0.4, 0.5) is 17.6 Å². The number of benzene rings is 3. The molecule has 1 aliphatic heterocycles. The van der Waals surface area contributed by atoms with E-state index >= 15 is 8.78 Å². The fourth-order valence-electron chi connectivity index (χ4n) is 6.00. The lowest BCUT2D eigenvalue weighted by molar-refractivity contribution is -0.0218. The van der Waals surface area contributed by atoms with E-state index in [2.05, 4.69) is 13.8 Å². The molecule has 0 N–H and O–H groups in total. The third-order valence-corrected chi connectivity index (χ3v) is 8.67. The van der Waals surface area contributed by atoms with Crippen molar-refractivity contribution in [2.45, 2.75) is 103 Å². The molecule has 0 saturated carbocycles. The average molecular weight is 595 g/mol. The molecule has 1 fully saturated rings. The molecule has 0 bridgehead atoms. The summed E-state index contributed by atoms with van der Waals surface area (Å²) >= 11 is 0. The van der Waals surface area contributed by atoms with Gasteiger partial charge in [0.2, 0.25) is 0 Å². The normalized spacial score (nSPS) is 17.2. The summed E-state index contributed by atoms with van der Waals surface area (Å²) in [7, 11) is 0. The third-order valence-electron chi connectivity index (χ3n) is 8.67. The number of ether oxygens (including phenoxy) is 1. The van der Waals surface area contributed by atoms with E-state index in [1.54, 1.807) is 48.5 Å². The van der Waals surface area contributed by atoms with Crippen molar-refractivity contribution in [2.24, 2.45) is 5.92 Å². The molecular formula is C38H46F4O. The molecule has 2 atom stereocenters. The largest absolute Gasteiger partial charge is 0.373 e. The molecule has 3 aromatic carbocycles. The lowest BCUT2D eigenvalue weighted by Crippen LogP contribution is -2.21. The Morgan fingerprint density at radius 2 is 1.28 bits per heavy atom. The van der Waals surface area contributed by atoms with Crippen LogP contribution in [0.25, 0.3) is 22.3 Å². The Bertz CT molecular complexity index is 1320.